The summed E-state index contributed by atoms with van der Waals surface area (Å²) in [6.45, 7) is 12.1. The summed E-state index contributed by atoms with van der Waals surface area (Å²) >= 11 is 0. The maximum absolute atomic E-state index is 4.29. The first-order valence-corrected chi connectivity index (χ1v) is 7.51. The molecule has 0 bridgehead atoms. The van der Waals surface area contributed by atoms with Crippen LogP contribution in [0.2, 0.25) is 0 Å². The van der Waals surface area contributed by atoms with Gasteiger partial charge in [0.1, 0.15) is 0 Å². The Morgan fingerprint density at radius 1 is 1.05 bits per heavy atom. The molecular formula is C21H22. The van der Waals surface area contributed by atoms with Gasteiger partial charge in [-0.1, -0.05) is 87.7 Å². The molecule has 0 amide bonds. The molecule has 0 heterocycles. The van der Waals surface area contributed by atoms with Gasteiger partial charge in [0.05, 0.1) is 0 Å². The van der Waals surface area contributed by atoms with Crippen LogP contribution in [0.3, 0.4) is 0 Å². The van der Waals surface area contributed by atoms with Crippen molar-refractivity contribution < 1.29 is 0 Å². The van der Waals surface area contributed by atoms with Gasteiger partial charge in [0, 0.05) is 0 Å². The highest BCUT2D eigenvalue weighted by molar-refractivity contribution is 5.90. The maximum atomic E-state index is 4.29. The molecule has 21 heavy (non-hydrogen) atoms. The zero-order valence-electron chi connectivity index (χ0n) is 12.9. The molecule has 0 saturated carbocycles. The lowest BCUT2D eigenvalue weighted by Gasteiger charge is -2.10. The van der Waals surface area contributed by atoms with Crippen LogP contribution in [0.4, 0.5) is 0 Å². The van der Waals surface area contributed by atoms with E-state index in [-0.39, 0.29) is 0 Å². The van der Waals surface area contributed by atoms with Crippen LogP contribution in [0.1, 0.15) is 25.0 Å². The predicted molar refractivity (Wildman–Crippen MR) is 96.6 cm³/mol. The summed E-state index contributed by atoms with van der Waals surface area (Å²) < 4.78 is 0. The standard InChI is InChI=1S/C19H16.C2H6/c1-3-9-15-14(2)16-10-5-4-6-11-18(16)19-13-8-7-12-17(15)19;1-2/h3-10,12-13H,1-2,11H2;1-2H3/b15-9+;. The van der Waals surface area contributed by atoms with Gasteiger partial charge in [0.25, 0.3) is 0 Å². The summed E-state index contributed by atoms with van der Waals surface area (Å²) in [5.74, 6) is 0. The Labute approximate surface area is 127 Å². The van der Waals surface area contributed by atoms with E-state index in [2.05, 4.69) is 67.8 Å². The largest absolute Gasteiger partial charge is 0.0990 e. The molecule has 0 fully saturated rings. The van der Waals surface area contributed by atoms with Crippen LogP contribution in [0, 0.1) is 0 Å². The minimum absolute atomic E-state index is 0.958. The number of benzene rings is 2. The van der Waals surface area contributed by atoms with Crippen molar-refractivity contribution in [3.05, 3.63) is 76.7 Å². The molecule has 0 spiro atoms. The first kappa shape index (κ1) is 15.1. The van der Waals surface area contributed by atoms with Crippen LogP contribution in [0.15, 0.2) is 55.1 Å². The van der Waals surface area contributed by atoms with E-state index < -0.39 is 0 Å². The Morgan fingerprint density at radius 3 is 2.48 bits per heavy atom. The highest BCUT2D eigenvalue weighted by atomic mass is 14.1. The van der Waals surface area contributed by atoms with Gasteiger partial charge < -0.3 is 0 Å². The molecule has 1 aliphatic rings. The molecule has 3 rings (SSSR count). The lowest BCUT2D eigenvalue weighted by Crippen LogP contribution is -2.28. The highest BCUT2D eigenvalue weighted by Crippen LogP contribution is 2.21. The van der Waals surface area contributed by atoms with E-state index in [0.717, 1.165) is 11.6 Å². The van der Waals surface area contributed by atoms with Gasteiger partial charge in [0.2, 0.25) is 0 Å². The summed E-state index contributed by atoms with van der Waals surface area (Å²) in [5.41, 5.74) is 2.61. The predicted octanol–water partition coefficient (Wildman–Crippen LogP) is 4.37. The fourth-order valence-electron chi connectivity index (χ4n) is 2.76. The van der Waals surface area contributed by atoms with Gasteiger partial charge in [0.15, 0.2) is 0 Å². The van der Waals surface area contributed by atoms with Gasteiger partial charge in [-0.05, 0) is 38.8 Å². The van der Waals surface area contributed by atoms with Gasteiger partial charge in [-0.25, -0.2) is 0 Å². The van der Waals surface area contributed by atoms with E-state index in [0.29, 0.717) is 0 Å². The Kier molecular flexibility index (Phi) is 4.94. The average molecular weight is 274 g/mol. The van der Waals surface area contributed by atoms with Crippen molar-refractivity contribution >= 4 is 29.5 Å². The van der Waals surface area contributed by atoms with Crippen LogP contribution in [0.25, 0.3) is 29.5 Å². The minimum Gasteiger partial charge on any atom is -0.0990 e. The van der Waals surface area contributed by atoms with Crippen molar-refractivity contribution in [1.29, 1.82) is 0 Å². The molecule has 0 saturated heterocycles. The van der Waals surface area contributed by atoms with E-state index in [4.69, 9.17) is 0 Å². The highest BCUT2D eigenvalue weighted by Gasteiger charge is 2.09. The number of allylic oxidation sites excluding steroid dienone is 4. The fourth-order valence-corrected chi connectivity index (χ4v) is 2.76. The second kappa shape index (κ2) is 6.90. The molecule has 0 nitrogen and oxygen atoms in total. The van der Waals surface area contributed by atoms with Crippen LogP contribution in [-0.2, 0) is 6.42 Å². The normalized spacial score (nSPS) is 13.3. The second-order valence-electron chi connectivity index (χ2n) is 4.72. The summed E-state index contributed by atoms with van der Waals surface area (Å²) in [6.07, 6.45) is 13.4. The molecule has 2 aromatic carbocycles. The number of hydrogen-bond donors (Lipinski definition) is 0. The Balaban J connectivity index is 0.000000774. The van der Waals surface area contributed by atoms with Crippen molar-refractivity contribution in [2.24, 2.45) is 0 Å². The molecular weight excluding hydrogens is 252 g/mol. The van der Waals surface area contributed by atoms with E-state index in [1.807, 2.05) is 19.9 Å². The van der Waals surface area contributed by atoms with Gasteiger partial charge >= 0.3 is 0 Å². The zero-order valence-corrected chi connectivity index (χ0v) is 12.9. The molecule has 0 N–H and O–H groups in total. The second-order valence-corrected chi connectivity index (χ2v) is 4.72. The first-order valence-electron chi connectivity index (χ1n) is 7.51. The third-order valence-electron chi connectivity index (χ3n) is 3.63. The Hall–Kier alpha value is -2.34. The molecule has 0 aromatic heterocycles. The SMILES string of the molecule is C=C/C=c1\c(=C)c2c(c3ccccc13)CC=CC=C2.CC. The first-order chi connectivity index (χ1) is 10.3. The molecule has 0 radical (unpaired) electrons. The number of hydrogen-bond acceptors (Lipinski definition) is 0. The van der Waals surface area contributed by atoms with Crippen LogP contribution < -0.4 is 10.4 Å². The average Bonchev–Trinajstić information content (AvgIpc) is 2.79. The van der Waals surface area contributed by atoms with E-state index >= 15 is 0 Å². The maximum Gasteiger partial charge on any atom is -0.00820 e. The van der Waals surface area contributed by atoms with Crippen molar-refractivity contribution in [1.82, 2.24) is 0 Å². The van der Waals surface area contributed by atoms with Crippen molar-refractivity contribution in [2.75, 3.05) is 0 Å². The monoisotopic (exact) mass is 274 g/mol. The van der Waals surface area contributed by atoms with Gasteiger partial charge in [-0.15, -0.1) is 0 Å². The summed E-state index contributed by atoms with van der Waals surface area (Å²) in [5, 5.41) is 4.84. The van der Waals surface area contributed by atoms with E-state index in [9.17, 15) is 0 Å². The summed E-state index contributed by atoms with van der Waals surface area (Å²) in [7, 11) is 0. The van der Waals surface area contributed by atoms with Crippen LogP contribution in [-0.4, -0.2) is 0 Å². The summed E-state index contributed by atoms with van der Waals surface area (Å²) in [4.78, 5) is 0. The quantitative estimate of drug-likeness (QED) is 0.724. The Morgan fingerprint density at radius 2 is 1.76 bits per heavy atom. The van der Waals surface area contributed by atoms with Crippen molar-refractivity contribution in [2.45, 2.75) is 20.3 Å². The van der Waals surface area contributed by atoms with Gasteiger partial charge in [-0.3, -0.25) is 0 Å². The molecule has 1 aliphatic carbocycles. The smallest absolute Gasteiger partial charge is 0.00820 e. The number of rotatable bonds is 1. The van der Waals surface area contributed by atoms with Crippen molar-refractivity contribution in [3.63, 3.8) is 0 Å². The topological polar surface area (TPSA) is 0 Å². The fraction of sp³-hybridized carbons (Fsp3) is 0.143. The molecule has 0 aliphatic heterocycles. The van der Waals surface area contributed by atoms with Crippen LogP contribution in [0.5, 0.6) is 0 Å². The van der Waals surface area contributed by atoms with Gasteiger partial charge in [-0.2, -0.15) is 0 Å². The van der Waals surface area contributed by atoms with Crippen molar-refractivity contribution in [3.8, 4) is 0 Å². The third kappa shape index (κ3) is 2.75. The minimum atomic E-state index is 0.958. The molecule has 2 aromatic rings. The number of fused-ring (bicyclic) bond motifs is 3. The summed E-state index contributed by atoms with van der Waals surface area (Å²) in [6, 6.07) is 8.54. The Bertz CT molecular complexity index is 817. The van der Waals surface area contributed by atoms with Crippen LogP contribution >= 0.6 is 0 Å². The molecule has 106 valence electrons. The van der Waals surface area contributed by atoms with E-state index in [1.165, 1.54) is 27.1 Å². The molecule has 0 heteroatoms. The third-order valence-corrected chi connectivity index (χ3v) is 3.63. The lowest BCUT2D eigenvalue weighted by atomic mass is 9.93. The molecule has 0 atom stereocenters. The zero-order chi connectivity index (χ0) is 15.2. The molecule has 0 unspecified atom stereocenters. The lowest BCUT2D eigenvalue weighted by molar-refractivity contribution is 1.28. The van der Waals surface area contributed by atoms with E-state index in [1.54, 1.807) is 0 Å².